The first-order valence-electron chi connectivity index (χ1n) is 8.69. The number of rotatable bonds is 6. The second-order valence-electron chi connectivity index (χ2n) is 6.44. The molecular weight excluding hydrogens is 330 g/mol. The SMILES string of the molecule is CN=C(NCCN1CCOCC1)NCC1CCN(S(C)(=O)=O)CC1. The van der Waals surface area contributed by atoms with Gasteiger partial charge in [0.1, 0.15) is 0 Å². The van der Waals surface area contributed by atoms with Crippen LogP contribution >= 0.6 is 0 Å². The maximum Gasteiger partial charge on any atom is 0.211 e. The number of morpholine rings is 1. The molecule has 2 heterocycles. The first-order chi connectivity index (χ1) is 11.5. The Morgan fingerprint density at radius 1 is 1.17 bits per heavy atom. The van der Waals surface area contributed by atoms with Crippen LogP contribution in [0.2, 0.25) is 0 Å². The van der Waals surface area contributed by atoms with Gasteiger partial charge in [-0.15, -0.1) is 0 Å². The van der Waals surface area contributed by atoms with Crippen LogP contribution in [0.3, 0.4) is 0 Å². The third kappa shape index (κ3) is 6.54. The minimum atomic E-state index is -3.04. The van der Waals surface area contributed by atoms with Crippen molar-refractivity contribution in [2.24, 2.45) is 10.9 Å². The summed E-state index contributed by atoms with van der Waals surface area (Å²) in [7, 11) is -1.27. The van der Waals surface area contributed by atoms with Crippen molar-refractivity contribution in [3.8, 4) is 0 Å². The highest BCUT2D eigenvalue weighted by Crippen LogP contribution is 2.18. The van der Waals surface area contributed by atoms with Gasteiger partial charge in [-0.2, -0.15) is 0 Å². The minimum Gasteiger partial charge on any atom is -0.379 e. The van der Waals surface area contributed by atoms with Crippen LogP contribution in [0.5, 0.6) is 0 Å². The molecule has 140 valence electrons. The van der Waals surface area contributed by atoms with E-state index in [1.165, 1.54) is 6.26 Å². The summed E-state index contributed by atoms with van der Waals surface area (Å²) < 4.78 is 30.0. The number of sulfonamides is 1. The van der Waals surface area contributed by atoms with E-state index in [0.29, 0.717) is 19.0 Å². The van der Waals surface area contributed by atoms with Crippen LogP contribution in [0.15, 0.2) is 4.99 Å². The molecule has 0 saturated carbocycles. The summed E-state index contributed by atoms with van der Waals surface area (Å²) in [5, 5.41) is 6.70. The van der Waals surface area contributed by atoms with E-state index in [9.17, 15) is 8.42 Å². The number of guanidine groups is 1. The van der Waals surface area contributed by atoms with E-state index in [2.05, 4.69) is 20.5 Å². The molecule has 2 saturated heterocycles. The first-order valence-corrected chi connectivity index (χ1v) is 10.5. The lowest BCUT2D eigenvalue weighted by atomic mass is 9.98. The van der Waals surface area contributed by atoms with E-state index in [4.69, 9.17) is 4.74 Å². The summed E-state index contributed by atoms with van der Waals surface area (Å²) in [6.07, 6.45) is 3.07. The van der Waals surface area contributed by atoms with Crippen molar-refractivity contribution in [1.29, 1.82) is 0 Å². The number of ether oxygens (including phenoxy) is 1. The fourth-order valence-corrected chi connectivity index (χ4v) is 3.94. The number of hydrogen-bond donors (Lipinski definition) is 2. The fourth-order valence-electron chi connectivity index (χ4n) is 3.06. The van der Waals surface area contributed by atoms with Gasteiger partial charge in [-0.05, 0) is 18.8 Å². The monoisotopic (exact) mass is 361 g/mol. The largest absolute Gasteiger partial charge is 0.379 e. The number of aliphatic imine (C=N–C) groups is 1. The number of nitrogens with zero attached hydrogens (tertiary/aromatic N) is 3. The zero-order chi connectivity index (χ0) is 17.4. The number of piperidine rings is 1. The third-order valence-electron chi connectivity index (χ3n) is 4.65. The summed E-state index contributed by atoms with van der Waals surface area (Å²) in [6, 6.07) is 0. The van der Waals surface area contributed by atoms with Gasteiger partial charge in [0.05, 0.1) is 19.5 Å². The second kappa shape index (κ2) is 9.55. The highest BCUT2D eigenvalue weighted by molar-refractivity contribution is 7.88. The number of nitrogens with one attached hydrogen (secondary N) is 2. The molecule has 2 rings (SSSR count). The molecule has 24 heavy (non-hydrogen) atoms. The zero-order valence-electron chi connectivity index (χ0n) is 14.8. The van der Waals surface area contributed by atoms with Crippen LogP contribution in [0.25, 0.3) is 0 Å². The van der Waals surface area contributed by atoms with Gasteiger partial charge in [0, 0.05) is 52.9 Å². The average molecular weight is 362 g/mol. The highest BCUT2D eigenvalue weighted by Gasteiger charge is 2.24. The van der Waals surface area contributed by atoms with E-state index in [0.717, 1.165) is 64.7 Å². The Kier molecular flexibility index (Phi) is 7.73. The van der Waals surface area contributed by atoms with E-state index < -0.39 is 10.0 Å². The maximum absolute atomic E-state index is 11.5. The molecule has 0 aliphatic carbocycles. The fraction of sp³-hybridized carbons (Fsp3) is 0.933. The van der Waals surface area contributed by atoms with Gasteiger partial charge in [-0.3, -0.25) is 9.89 Å². The summed E-state index contributed by atoms with van der Waals surface area (Å²) in [5.74, 6) is 1.30. The van der Waals surface area contributed by atoms with Crippen molar-refractivity contribution in [2.75, 3.05) is 72.3 Å². The number of hydrogen-bond acceptors (Lipinski definition) is 5. The molecule has 0 aromatic carbocycles. The van der Waals surface area contributed by atoms with E-state index >= 15 is 0 Å². The van der Waals surface area contributed by atoms with Crippen LogP contribution < -0.4 is 10.6 Å². The Morgan fingerprint density at radius 2 is 1.83 bits per heavy atom. The van der Waals surface area contributed by atoms with E-state index in [1.807, 2.05) is 0 Å². The van der Waals surface area contributed by atoms with Gasteiger partial charge < -0.3 is 15.4 Å². The lowest BCUT2D eigenvalue weighted by Gasteiger charge is -2.30. The van der Waals surface area contributed by atoms with Crippen molar-refractivity contribution >= 4 is 16.0 Å². The molecule has 2 aliphatic rings. The lowest BCUT2D eigenvalue weighted by Crippen LogP contribution is -2.46. The van der Waals surface area contributed by atoms with Crippen LogP contribution in [-0.4, -0.2) is 95.9 Å². The Morgan fingerprint density at radius 3 is 2.42 bits per heavy atom. The second-order valence-corrected chi connectivity index (χ2v) is 8.42. The van der Waals surface area contributed by atoms with E-state index in [-0.39, 0.29) is 0 Å². The molecule has 0 aromatic heterocycles. The Labute approximate surface area is 145 Å². The molecule has 0 bridgehead atoms. The molecule has 2 fully saturated rings. The van der Waals surface area contributed by atoms with Crippen LogP contribution in [0, 0.1) is 5.92 Å². The normalized spacial score (nSPS) is 22.5. The van der Waals surface area contributed by atoms with Crippen molar-refractivity contribution in [3.63, 3.8) is 0 Å². The Balaban J connectivity index is 1.61. The van der Waals surface area contributed by atoms with Crippen molar-refractivity contribution in [3.05, 3.63) is 0 Å². The van der Waals surface area contributed by atoms with E-state index in [1.54, 1.807) is 11.4 Å². The molecule has 0 spiro atoms. The van der Waals surface area contributed by atoms with Gasteiger partial charge in [0.15, 0.2) is 5.96 Å². The topological polar surface area (TPSA) is 86.3 Å². The third-order valence-corrected chi connectivity index (χ3v) is 5.95. The van der Waals surface area contributed by atoms with Crippen LogP contribution in [0.4, 0.5) is 0 Å². The maximum atomic E-state index is 11.5. The van der Waals surface area contributed by atoms with Crippen molar-refractivity contribution < 1.29 is 13.2 Å². The van der Waals surface area contributed by atoms with Gasteiger partial charge in [-0.1, -0.05) is 0 Å². The molecule has 0 radical (unpaired) electrons. The van der Waals surface area contributed by atoms with Crippen LogP contribution in [-0.2, 0) is 14.8 Å². The predicted molar refractivity (Wildman–Crippen MR) is 95.8 cm³/mol. The smallest absolute Gasteiger partial charge is 0.211 e. The first kappa shape index (κ1) is 19.4. The summed E-state index contributed by atoms with van der Waals surface area (Å²) in [5.41, 5.74) is 0. The molecular formula is C15H31N5O3S. The van der Waals surface area contributed by atoms with Gasteiger partial charge in [0.2, 0.25) is 10.0 Å². The lowest BCUT2D eigenvalue weighted by molar-refractivity contribution is 0.0389. The predicted octanol–water partition coefficient (Wildman–Crippen LogP) is -0.845. The molecule has 8 nitrogen and oxygen atoms in total. The molecule has 9 heteroatoms. The molecule has 2 N–H and O–H groups in total. The molecule has 0 aromatic rings. The standard InChI is InChI=1S/C15H31N5O3S/c1-16-15(17-5-8-19-9-11-23-12-10-19)18-13-14-3-6-20(7-4-14)24(2,21)22/h14H,3-13H2,1-2H3,(H2,16,17,18). The summed E-state index contributed by atoms with van der Waals surface area (Å²) in [6.45, 7) is 7.53. The summed E-state index contributed by atoms with van der Waals surface area (Å²) >= 11 is 0. The minimum absolute atomic E-state index is 0.487. The molecule has 0 amide bonds. The average Bonchev–Trinajstić information content (AvgIpc) is 2.58. The molecule has 0 atom stereocenters. The molecule has 2 aliphatic heterocycles. The van der Waals surface area contributed by atoms with Crippen molar-refractivity contribution in [1.82, 2.24) is 19.8 Å². The van der Waals surface area contributed by atoms with Gasteiger partial charge >= 0.3 is 0 Å². The zero-order valence-corrected chi connectivity index (χ0v) is 15.6. The van der Waals surface area contributed by atoms with Gasteiger partial charge in [0.25, 0.3) is 0 Å². The van der Waals surface area contributed by atoms with Crippen molar-refractivity contribution in [2.45, 2.75) is 12.8 Å². The quantitative estimate of drug-likeness (QED) is 0.474. The van der Waals surface area contributed by atoms with Crippen LogP contribution in [0.1, 0.15) is 12.8 Å². The van der Waals surface area contributed by atoms with Gasteiger partial charge in [-0.25, -0.2) is 12.7 Å². The highest BCUT2D eigenvalue weighted by atomic mass is 32.2. The molecule has 0 unspecified atom stereocenters. The Bertz CT molecular complexity index is 497. The summed E-state index contributed by atoms with van der Waals surface area (Å²) in [4.78, 5) is 6.63. The Hall–Kier alpha value is -0.900.